The van der Waals surface area contributed by atoms with E-state index in [4.69, 9.17) is 5.11 Å². The lowest BCUT2D eigenvalue weighted by atomic mass is 10.1. The maximum Gasteiger partial charge on any atom is 0.358 e. The summed E-state index contributed by atoms with van der Waals surface area (Å²) in [6.45, 7) is 0.527. The van der Waals surface area contributed by atoms with E-state index in [9.17, 15) is 14.0 Å². The van der Waals surface area contributed by atoms with Gasteiger partial charge in [-0.15, -0.1) is 5.10 Å². The maximum atomic E-state index is 13.4. The van der Waals surface area contributed by atoms with Gasteiger partial charge >= 0.3 is 5.97 Å². The molecule has 0 aliphatic carbocycles. The third kappa shape index (κ3) is 4.10. The smallest absolute Gasteiger partial charge is 0.358 e. The topological polar surface area (TPSA) is 97.1 Å². The Morgan fingerprint density at radius 2 is 2.10 bits per heavy atom. The molecule has 1 aromatic carbocycles. The van der Waals surface area contributed by atoms with E-state index in [1.54, 1.807) is 18.2 Å². The Kier molecular flexibility index (Phi) is 4.60. The number of carboxylic acid groups (broad SMARTS) is 1. The molecule has 2 aromatic rings. The maximum absolute atomic E-state index is 13.4. The van der Waals surface area contributed by atoms with Crippen molar-refractivity contribution in [3.63, 3.8) is 0 Å². The summed E-state index contributed by atoms with van der Waals surface area (Å²) in [6, 6.07) is 6.06. The van der Waals surface area contributed by atoms with E-state index in [0.29, 0.717) is 5.56 Å². The molecule has 1 heterocycles. The molecule has 2 N–H and O–H groups in total. The lowest BCUT2D eigenvalue weighted by Crippen LogP contribution is -2.29. The summed E-state index contributed by atoms with van der Waals surface area (Å²) in [5.74, 6) is -1.90. The number of aromatic nitrogens is 3. The molecule has 0 unspecified atom stereocenters. The summed E-state index contributed by atoms with van der Waals surface area (Å²) < 4.78 is 14.7. The van der Waals surface area contributed by atoms with Gasteiger partial charge in [0.2, 0.25) is 5.91 Å². The average Bonchev–Trinajstić information content (AvgIpc) is 2.90. The van der Waals surface area contributed by atoms with Crippen LogP contribution in [-0.4, -0.2) is 38.5 Å². The number of amides is 1. The Morgan fingerprint density at radius 3 is 2.76 bits per heavy atom. The molecule has 0 saturated heterocycles. The molecular weight excluding hydrogens is 279 g/mol. The number of hydrogen-bond acceptors (Lipinski definition) is 4. The summed E-state index contributed by atoms with van der Waals surface area (Å²) in [5.41, 5.74) is 0.164. The van der Waals surface area contributed by atoms with E-state index >= 15 is 0 Å². The van der Waals surface area contributed by atoms with Crippen molar-refractivity contribution >= 4 is 11.9 Å². The molecule has 1 amide bonds. The fourth-order valence-corrected chi connectivity index (χ4v) is 1.69. The van der Waals surface area contributed by atoms with Crippen LogP contribution in [0.1, 0.15) is 16.1 Å². The first-order chi connectivity index (χ1) is 10.1. The Labute approximate surface area is 119 Å². The van der Waals surface area contributed by atoms with Crippen molar-refractivity contribution in [3.05, 3.63) is 47.5 Å². The second-order valence-electron chi connectivity index (χ2n) is 4.29. The van der Waals surface area contributed by atoms with Crippen LogP contribution in [-0.2, 0) is 17.8 Å². The summed E-state index contributed by atoms with van der Waals surface area (Å²) in [5, 5.41) is 18.3. The predicted molar refractivity (Wildman–Crippen MR) is 70.1 cm³/mol. The molecule has 0 atom stereocenters. The molecule has 0 saturated carbocycles. The van der Waals surface area contributed by atoms with Crippen LogP contribution in [0.25, 0.3) is 0 Å². The van der Waals surface area contributed by atoms with Crippen molar-refractivity contribution in [3.8, 4) is 0 Å². The first kappa shape index (κ1) is 14.6. The number of hydrogen-bond donors (Lipinski definition) is 2. The van der Waals surface area contributed by atoms with Gasteiger partial charge < -0.3 is 10.4 Å². The van der Waals surface area contributed by atoms with Gasteiger partial charge in [-0.25, -0.2) is 13.9 Å². The van der Waals surface area contributed by atoms with Gasteiger partial charge in [-0.1, -0.05) is 23.4 Å². The molecule has 1 aromatic heterocycles. The van der Waals surface area contributed by atoms with Gasteiger partial charge in [-0.3, -0.25) is 4.79 Å². The van der Waals surface area contributed by atoms with Gasteiger partial charge in [0.25, 0.3) is 0 Å². The van der Waals surface area contributed by atoms with Gasteiger partial charge in [0.05, 0.1) is 19.2 Å². The molecule has 0 aliphatic heterocycles. The lowest BCUT2D eigenvalue weighted by Gasteiger charge is -2.05. The zero-order valence-corrected chi connectivity index (χ0v) is 11.0. The number of rotatable bonds is 6. The van der Waals surface area contributed by atoms with Crippen LogP contribution < -0.4 is 5.32 Å². The van der Waals surface area contributed by atoms with E-state index in [-0.39, 0.29) is 31.1 Å². The SMILES string of the molecule is O=C(Cc1ccccc1F)NCCn1cc(C(=O)O)nn1. The number of aromatic carboxylic acids is 1. The highest BCUT2D eigenvalue weighted by Gasteiger charge is 2.09. The quantitative estimate of drug-likeness (QED) is 0.807. The minimum absolute atomic E-state index is 0.0512. The van der Waals surface area contributed by atoms with E-state index < -0.39 is 11.8 Å². The second kappa shape index (κ2) is 6.60. The molecule has 0 bridgehead atoms. The molecule has 0 aliphatic rings. The van der Waals surface area contributed by atoms with E-state index in [1.165, 1.54) is 16.9 Å². The largest absolute Gasteiger partial charge is 0.476 e. The third-order valence-electron chi connectivity index (χ3n) is 2.73. The van der Waals surface area contributed by atoms with Crippen molar-refractivity contribution < 1.29 is 19.1 Å². The number of nitrogens with one attached hydrogen (secondary N) is 1. The molecular formula is C13H13FN4O3. The second-order valence-corrected chi connectivity index (χ2v) is 4.29. The van der Waals surface area contributed by atoms with Crippen LogP contribution in [0.2, 0.25) is 0 Å². The number of carbonyl (C=O) groups excluding carboxylic acids is 1. The lowest BCUT2D eigenvalue weighted by molar-refractivity contribution is -0.120. The van der Waals surface area contributed by atoms with E-state index in [2.05, 4.69) is 15.6 Å². The predicted octanol–water partition coefficient (Wildman–Crippen LogP) is 0.474. The van der Waals surface area contributed by atoms with Gasteiger partial charge in [-0.05, 0) is 11.6 Å². The number of carbonyl (C=O) groups is 2. The Hall–Kier alpha value is -2.77. The highest BCUT2D eigenvalue weighted by Crippen LogP contribution is 2.06. The summed E-state index contributed by atoms with van der Waals surface area (Å²) >= 11 is 0. The normalized spacial score (nSPS) is 10.3. The van der Waals surface area contributed by atoms with Crippen molar-refractivity contribution in [2.75, 3.05) is 6.54 Å². The zero-order valence-electron chi connectivity index (χ0n) is 11.0. The molecule has 110 valence electrons. The first-order valence-corrected chi connectivity index (χ1v) is 6.20. The van der Waals surface area contributed by atoms with Crippen molar-refractivity contribution in [1.82, 2.24) is 20.3 Å². The molecule has 2 rings (SSSR count). The number of halogens is 1. The van der Waals surface area contributed by atoms with Gasteiger partial charge in [0, 0.05) is 6.54 Å². The molecule has 8 heteroatoms. The van der Waals surface area contributed by atoms with Crippen LogP contribution in [0.15, 0.2) is 30.5 Å². The standard InChI is InChI=1S/C13H13FN4O3/c14-10-4-2-1-3-9(10)7-12(19)15-5-6-18-8-11(13(20)21)16-17-18/h1-4,8H,5-7H2,(H,15,19)(H,20,21). The van der Waals surface area contributed by atoms with Crippen molar-refractivity contribution in [1.29, 1.82) is 0 Å². The van der Waals surface area contributed by atoms with Gasteiger partial charge in [0.15, 0.2) is 5.69 Å². The minimum atomic E-state index is -1.16. The summed E-state index contributed by atoms with van der Waals surface area (Å²) in [6.07, 6.45) is 1.22. The Balaban J connectivity index is 1.79. The Morgan fingerprint density at radius 1 is 1.33 bits per heavy atom. The molecule has 21 heavy (non-hydrogen) atoms. The van der Waals surface area contributed by atoms with Crippen LogP contribution in [0, 0.1) is 5.82 Å². The number of carboxylic acids is 1. The molecule has 0 fully saturated rings. The first-order valence-electron chi connectivity index (χ1n) is 6.20. The highest BCUT2D eigenvalue weighted by atomic mass is 19.1. The highest BCUT2D eigenvalue weighted by molar-refractivity contribution is 5.84. The fourth-order valence-electron chi connectivity index (χ4n) is 1.69. The van der Waals surface area contributed by atoms with E-state index in [0.717, 1.165) is 0 Å². The van der Waals surface area contributed by atoms with Crippen LogP contribution in [0.3, 0.4) is 0 Å². The summed E-state index contributed by atoms with van der Waals surface area (Å²) in [4.78, 5) is 22.3. The average molecular weight is 292 g/mol. The van der Waals surface area contributed by atoms with Crippen molar-refractivity contribution in [2.24, 2.45) is 0 Å². The molecule has 0 spiro atoms. The zero-order chi connectivity index (χ0) is 15.2. The monoisotopic (exact) mass is 292 g/mol. The Bertz CT molecular complexity index is 656. The minimum Gasteiger partial charge on any atom is -0.476 e. The van der Waals surface area contributed by atoms with Crippen LogP contribution in [0.5, 0.6) is 0 Å². The third-order valence-corrected chi connectivity index (χ3v) is 2.73. The number of nitrogens with zero attached hydrogens (tertiary/aromatic N) is 3. The van der Waals surface area contributed by atoms with Crippen LogP contribution >= 0.6 is 0 Å². The van der Waals surface area contributed by atoms with Crippen LogP contribution in [0.4, 0.5) is 4.39 Å². The molecule has 7 nitrogen and oxygen atoms in total. The molecule has 0 radical (unpaired) electrons. The van der Waals surface area contributed by atoms with E-state index in [1.807, 2.05) is 0 Å². The number of benzene rings is 1. The van der Waals surface area contributed by atoms with Gasteiger partial charge in [0.1, 0.15) is 5.82 Å². The fraction of sp³-hybridized carbons (Fsp3) is 0.231. The van der Waals surface area contributed by atoms with Gasteiger partial charge in [-0.2, -0.15) is 0 Å². The summed E-state index contributed by atoms with van der Waals surface area (Å²) in [7, 11) is 0. The van der Waals surface area contributed by atoms with Crippen molar-refractivity contribution in [2.45, 2.75) is 13.0 Å².